The van der Waals surface area contributed by atoms with Gasteiger partial charge in [-0.1, -0.05) is 11.6 Å². The summed E-state index contributed by atoms with van der Waals surface area (Å²) in [6, 6.07) is 3.47. The lowest BCUT2D eigenvalue weighted by atomic mass is 10.3. The molecule has 2 N–H and O–H groups in total. The summed E-state index contributed by atoms with van der Waals surface area (Å²) in [5.41, 5.74) is -0.273. The van der Waals surface area contributed by atoms with E-state index in [1.54, 1.807) is 0 Å². The van der Waals surface area contributed by atoms with Crippen molar-refractivity contribution in [1.82, 2.24) is 9.78 Å². The van der Waals surface area contributed by atoms with Crippen LogP contribution >= 0.6 is 11.6 Å². The first-order valence-electron chi connectivity index (χ1n) is 5.50. The maximum absolute atomic E-state index is 13.6. The Kier molecular flexibility index (Phi) is 4.14. The maximum Gasteiger partial charge on any atom is 0.325 e. The molecular weight excluding hydrogens is 325 g/mol. The second-order valence-electron chi connectivity index (χ2n) is 4.00. The Labute approximate surface area is 124 Å². The first-order valence-corrected chi connectivity index (χ1v) is 7.36. The molecule has 21 heavy (non-hydrogen) atoms. The van der Waals surface area contributed by atoms with Crippen LogP contribution in [0.25, 0.3) is 0 Å². The highest BCUT2D eigenvalue weighted by Gasteiger charge is 2.19. The Balaban J connectivity index is 2.25. The second kappa shape index (κ2) is 5.70. The van der Waals surface area contributed by atoms with E-state index >= 15 is 0 Å². The molecular formula is C11H9ClFN3O4S. The van der Waals surface area contributed by atoms with Gasteiger partial charge in [0.25, 0.3) is 10.0 Å². The number of benzene rings is 1. The van der Waals surface area contributed by atoms with Gasteiger partial charge in [0.15, 0.2) is 0 Å². The molecule has 2 rings (SSSR count). The Morgan fingerprint density at radius 3 is 2.81 bits per heavy atom. The van der Waals surface area contributed by atoms with Gasteiger partial charge in [-0.2, -0.15) is 5.10 Å². The van der Waals surface area contributed by atoms with Crippen LogP contribution in [0.15, 0.2) is 35.5 Å². The van der Waals surface area contributed by atoms with Gasteiger partial charge in [-0.3, -0.25) is 14.2 Å². The number of sulfonamides is 1. The largest absolute Gasteiger partial charge is 0.480 e. The predicted molar refractivity (Wildman–Crippen MR) is 72.1 cm³/mol. The van der Waals surface area contributed by atoms with E-state index in [1.165, 1.54) is 12.1 Å². The standard InChI is InChI=1S/C11H9ClFN3O4S/c12-7-1-2-10(9(13)3-7)15-21(19,20)8-4-14-16(5-8)6-11(17)18/h1-5,15H,6H2,(H,17,18). The summed E-state index contributed by atoms with van der Waals surface area (Å²) in [6.07, 6.45) is 2.00. The molecule has 0 atom stereocenters. The molecule has 1 aromatic heterocycles. The highest BCUT2D eigenvalue weighted by molar-refractivity contribution is 7.92. The molecule has 2 aromatic rings. The maximum atomic E-state index is 13.6. The zero-order valence-corrected chi connectivity index (χ0v) is 11.9. The zero-order chi connectivity index (χ0) is 15.6. The summed E-state index contributed by atoms with van der Waals surface area (Å²) in [5.74, 6) is -2.00. The summed E-state index contributed by atoms with van der Waals surface area (Å²) in [6.45, 7) is -0.481. The van der Waals surface area contributed by atoms with Crippen molar-refractivity contribution in [3.8, 4) is 0 Å². The lowest BCUT2D eigenvalue weighted by Gasteiger charge is -2.07. The van der Waals surface area contributed by atoms with Gasteiger partial charge in [0.05, 0.1) is 11.9 Å². The van der Waals surface area contributed by atoms with Gasteiger partial charge in [-0.05, 0) is 18.2 Å². The zero-order valence-electron chi connectivity index (χ0n) is 10.3. The number of hydrogen-bond acceptors (Lipinski definition) is 4. The number of carbonyl (C=O) groups is 1. The van der Waals surface area contributed by atoms with Crippen LogP contribution in [-0.4, -0.2) is 29.3 Å². The van der Waals surface area contributed by atoms with Crippen LogP contribution in [0.1, 0.15) is 0 Å². The number of aromatic nitrogens is 2. The molecule has 0 spiro atoms. The van der Waals surface area contributed by atoms with E-state index in [4.69, 9.17) is 16.7 Å². The molecule has 1 heterocycles. The molecule has 112 valence electrons. The highest BCUT2D eigenvalue weighted by atomic mass is 35.5. The van der Waals surface area contributed by atoms with Crippen molar-refractivity contribution in [2.75, 3.05) is 4.72 Å². The van der Waals surface area contributed by atoms with Crippen LogP contribution in [0, 0.1) is 5.82 Å². The third kappa shape index (κ3) is 3.70. The number of nitrogens with zero attached hydrogens (tertiary/aromatic N) is 2. The van der Waals surface area contributed by atoms with E-state index in [9.17, 15) is 17.6 Å². The number of aliphatic carboxylic acids is 1. The number of halogens is 2. The molecule has 7 nitrogen and oxygen atoms in total. The summed E-state index contributed by atoms with van der Waals surface area (Å²) in [4.78, 5) is 10.2. The van der Waals surface area contributed by atoms with Crippen molar-refractivity contribution in [3.05, 3.63) is 41.4 Å². The predicted octanol–water partition coefficient (Wildman–Crippen LogP) is 1.56. The fourth-order valence-corrected chi connectivity index (χ4v) is 2.66. The van der Waals surface area contributed by atoms with Crippen molar-refractivity contribution < 1.29 is 22.7 Å². The Bertz CT molecular complexity index is 791. The van der Waals surface area contributed by atoms with Gasteiger partial charge in [-0.25, -0.2) is 12.8 Å². The molecule has 0 radical (unpaired) electrons. The molecule has 0 amide bonds. The highest BCUT2D eigenvalue weighted by Crippen LogP contribution is 2.22. The third-order valence-electron chi connectivity index (χ3n) is 2.39. The Morgan fingerprint density at radius 2 is 2.19 bits per heavy atom. The molecule has 0 unspecified atom stereocenters. The van der Waals surface area contributed by atoms with Gasteiger partial charge in [0.2, 0.25) is 0 Å². The Morgan fingerprint density at radius 1 is 1.48 bits per heavy atom. The SMILES string of the molecule is O=C(O)Cn1cc(S(=O)(=O)Nc2ccc(Cl)cc2F)cn1. The molecule has 0 fully saturated rings. The first-order chi connectivity index (χ1) is 9.78. The van der Waals surface area contributed by atoms with Crippen LogP contribution in [0.3, 0.4) is 0 Å². The molecule has 0 saturated heterocycles. The number of carboxylic acids is 1. The summed E-state index contributed by atoms with van der Waals surface area (Å²) in [7, 11) is -4.07. The fourth-order valence-electron chi connectivity index (χ4n) is 1.48. The summed E-state index contributed by atoms with van der Waals surface area (Å²) < 4.78 is 40.6. The van der Waals surface area contributed by atoms with Crippen LogP contribution in [0.2, 0.25) is 5.02 Å². The minimum atomic E-state index is -4.07. The van der Waals surface area contributed by atoms with Crippen LogP contribution in [-0.2, 0) is 21.4 Å². The average molecular weight is 334 g/mol. The normalized spacial score (nSPS) is 11.3. The summed E-state index contributed by atoms with van der Waals surface area (Å²) >= 11 is 5.57. The molecule has 0 aliphatic heterocycles. The monoisotopic (exact) mass is 333 g/mol. The van der Waals surface area contributed by atoms with Gasteiger partial charge < -0.3 is 5.11 Å². The average Bonchev–Trinajstić information content (AvgIpc) is 2.81. The second-order valence-corrected chi connectivity index (χ2v) is 6.12. The topological polar surface area (TPSA) is 101 Å². The van der Waals surface area contributed by atoms with E-state index in [-0.39, 0.29) is 15.6 Å². The van der Waals surface area contributed by atoms with Crippen molar-refractivity contribution in [2.45, 2.75) is 11.4 Å². The van der Waals surface area contributed by atoms with Crippen LogP contribution in [0.4, 0.5) is 10.1 Å². The van der Waals surface area contributed by atoms with Gasteiger partial charge in [-0.15, -0.1) is 0 Å². The van der Waals surface area contributed by atoms with E-state index in [0.717, 1.165) is 23.1 Å². The fraction of sp³-hybridized carbons (Fsp3) is 0.0909. The minimum absolute atomic E-state index is 0.129. The number of nitrogens with one attached hydrogen (secondary N) is 1. The van der Waals surface area contributed by atoms with Crippen molar-refractivity contribution in [2.24, 2.45) is 0 Å². The van der Waals surface area contributed by atoms with E-state index < -0.39 is 28.4 Å². The number of rotatable bonds is 5. The molecule has 10 heteroatoms. The minimum Gasteiger partial charge on any atom is -0.480 e. The number of hydrogen-bond donors (Lipinski definition) is 2. The van der Waals surface area contributed by atoms with E-state index in [2.05, 4.69) is 5.10 Å². The van der Waals surface area contributed by atoms with Gasteiger partial charge in [0.1, 0.15) is 17.3 Å². The van der Waals surface area contributed by atoms with Crippen LogP contribution < -0.4 is 4.72 Å². The number of anilines is 1. The lowest BCUT2D eigenvalue weighted by Crippen LogP contribution is -2.14. The molecule has 0 aliphatic rings. The molecule has 0 aliphatic carbocycles. The quantitative estimate of drug-likeness (QED) is 0.864. The smallest absolute Gasteiger partial charge is 0.325 e. The van der Waals surface area contributed by atoms with Gasteiger partial charge >= 0.3 is 5.97 Å². The summed E-state index contributed by atoms with van der Waals surface area (Å²) in [5, 5.41) is 12.3. The van der Waals surface area contributed by atoms with Gasteiger partial charge in [0, 0.05) is 11.2 Å². The molecule has 0 saturated carbocycles. The van der Waals surface area contributed by atoms with E-state index in [1.807, 2.05) is 4.72 Å². The molecule has 0 bridgehead atoms. The first kappa shape index (κ1) is 15.3. The van der Waals surface area contributed by atoms with Crippen LogP contribution in [0.5, 0.6) is 0 Å². The van der Waals surface area contributed by atoms with E-state index in [0.29, 0.717) is 0 Å². The molecule has 1 aromatic carbocycles. The van der Waals surface area contributed by atoms with Crippen molar-refractivity contribution >= 4 is 33.3 Å². The number of carboxylic acid groups (broad SMARTS) is 1. The van der Waals surface area contributed by atoms with Crippen molar-refractivity contribution in [1.29, 1.82) is 0 Å². The van der Waals surface area contributed by atoms with Crippen molar-refractivity contribution in [3.63, 3.8) is 0 Å². The Hall–Kier alpha value is -2.13. The third-order valence-corrected chi connectivity index (χ3v) is 3.95. The lowest BCUT2D eigenvalue weighted by molar-refractivity contribution is -0.137.